The summed E-state index contributed by atoms with van der Waals surface area (Å²) in [4.78, 5) is 11.7. The Morgan fingerprint density at radius 3 is 2.48 bits per heavy atom. The van der Waals surface area contributed by atoms with Crippen LogP contribution in [-0.2, 0) is 0 Å². The Hall–Kier alpha value is -2.24. The summed E-state index contributed by atoms with van der Waals surface area (Å²) in [5, 5.41) is 7.26. The molecular formula is C16H15Cl2N3O2. The molecule has 0 unspecified atom stereocenters. The van der Waals surface area contributed by atoms with Gasteiger partial charge in [-0.2, -0.15) is 5.10 Å². The molecule has 0 bridgehead atoms. The topological polar surface area (TPSA) is 62.7 Å². The predicted octanol–water partition coefficient (Wildman–Crippen LogP) is 4.55. The molecule has 0 heterocycles. The molecule has 23 heavy (non-hydrogen) atoms. The maximum absolute atomic E-state index is 11.7. The molecule has 0 atom stereocenters. The van der Waals surface area contributed by atoms with Crippen LogP contribution < -0.4 is 15.5 Å². The van der Waals surface area contributed by atoms with E-state index < -0.39 is 6.03 Å². The fourth-order valence-corrected chi connectivity index (χ4v) is 2.40. The highest BCUT2D eigenvalue weighted by Gasteiger charge is 2.08. The number of amides is 2. The molecule has 0 spiro atoms. The van der Waals surface area contributed by atoms with Gasteiger partial charge in [-0.15, -0.1) is 0 Å². The Bertz CT molecular complexity index is 683. The third kappa shape index (κ3) is 5.16. The van der Waals surface area contributed by atoms with E-state index in [9.17, 15) is 4.79 Å². The zero-order valence-corrected chi connectivity index (χ0v) is 13.9. The van der Waals surface area contributed by atoms with E-state index in [0.717, 1.165) is 0 Å². The highest BCUT2D eigenvalue weighted by molar-refractivity contribution is 6.37. The summed E-state index contributed by atoms with van der Waals surface area (Å²) in [7, 11) is 0. The summed E-state index contributed by atoms with van der Waals surface area (Å²) in [5.41, 5.74) is 3.68. The largest absolute Gasteiger partial charge is 0.491 e. The number of nitrogens with one attached hydrogen (secondary N) is 2. The van der Waals surface area contributed by atoms with E-state index in [1.165, 1.54) is 6.21 Å². The van der Waals surface area contributed by atoms with Gasteiger partial charge in [-0.25, -0.2) is 10.2 Å². The van der Waals surface area contributed by atoms with Crippen molar-refractivity contribution < 1.29 is 9.53 Å². The standard InChI is InChI=1S/C16H15Cl2N3O2/c1-2-23-15-13(17)8-11(9-14(15)18)10-19-21-16(22)20-12-6-4-3-5-7-12/h3-10H,2H2,1H3,(H2,20,21,22)/b19-10+. The van der Waals surface area contributed by atoms with Crippen LogP contribution in [0.1, 0.15) is 12.5 Å². The summed E-state index contributed by atoms with van der Waals surface area (Å²) >= 11 is 12.2. The fraction of sp³-hybridized carbons (Fsp3) is 0.125. The quantitative estimate of drug-likeness (QED) is 0.613. The van der Waals surface area contributed by atoms with Crippen LogP contribution in [0.15, 0.2) is 47.6 Å². The van der Waals surface area contributed by atoms with Gasteiger partial charge in [0.05, 0.1) is 22.9 Å². The molecule has 2 rings (SSSR count). The van der Waals surface area contributed by atoms with E-state index in [-0.39, 0.29) is 0 Å². The molecule has 120 valence electrons. The summed E-state index contributed by atoms with van der Waals surface area (Å²) in [6.45, 7) is 2.31. The predicted molar refractivity (Wildman–Crippen MR) is 93.8 cm³/mol. The van der Waals surface area contributed by atoms with Crippen LogP contribution >= 0.6 is 23.2 Å². The van der Waals surface area contributed by atoms with Crippen molar-refractivity contribution in [3.8, 4) is 5.75 Å². The minimum Gasteiger partial charge on any atom is -0.491 e. The van der Waals surface area contributed by atoms with E-state index in [4.69, 9.17) is 27.9 Å². The molecule has 0 saturated carbocycles. The maximum Gasteiger partial charge on any atom is 0.339 e. The molecule has 2 N–H and O–H groups in total. The van der Waals surface area contributed by atoms with E-state index in [2.05, 4.69) is 15.8 Å². The van der Waals surface area contributed by atoms with Crippen molar-refractivity contribution in [1.82, 2.24) is 5.43 Å². The number of rotatable bonds is 5. The number of urea groups is 1. The molecular weight excluding hydrogens is 337 g/mol. The lowest BCUT2D eigenvalue weighted by molar-refractivity contribution is 0.252. The minimum atomic E-state index is -0.449. The third-order valence-electron chi connectivity index (χ3n) is 2.72. The maximum atomic E-state index is 11.7. The molecule has 0 radical (unpaired) electrons. The highest BCUT2D eigenvalue weighted by atomic mass is 35.5. The average Bonchev–Trinajstić information content (AvgIpc) is 2.52. The molecule has 0 aliphatic carbocycles. The van der Waals surface area contributed by atoms with E-state index in [1.54, 1.807) is 24.3 Å². The van der Waals surface area contributed by atoms with E-state index in [1.807, 2.05) is 25.1 Å². The van der Waals surface area contributed by atoms with E-state index in [0.29, 0.717) is 33.7 Å². The molecule has 7 heteroatoms. The number of carbonyl (C=O) groups is 1. The van der Waals surface area contributed by atoms with Gasteiger partial charge in [0, 0.05) is 5.69 Å². The number of halogens is 2. The smallest absolute Gasteiger partial charge is 0.339 e. The van der Waals surface area contributed by atoms with Gasteiger partial charge in [0.2, 0.25) is 0 Å². The number of nitrogens with zero attached hydrogens (tertiary/aromatic N) is 1. The van der Waals surface area contributed by atoms with Crippen molar-refractivity contribution in [1.29, 1.82) is 0 Å². The second-order valence-electron chi connectivity index (χ2n) is 4.44. The molecule has 0 aliphatic rings. The molecule has 2 amide bonds. The summed E-state index contributed by atoms with van der Waals surface area (Å²) in [6.07, 6.45) is 1.44. The minimum absolute atomic E-state index is 0.384. The summed E-state index contributed by atoms with van der Waals surface area (Å²) < 4.78 is 5.34. The second kappa shape index (κ2) is 8.41. The van der Waals surface area contributed by atoms with Gasteiger partial charge < -0.3 is 10.1 Å². The number of carbonyl (C=O) groups excluding carboxylic acids is 1. The van der Waals surface area contributed by atoms with Crippen LogP contribution in [0.25, 0.3) is 0 Å². The zero-order valence-electron chi connectivity index (χ0n) is 12.3. The van der Waals surface area contributed by atoms with Crippen molar-refractivity contribution in [2.75, 3.05) is 11.9 Å². The summed E-state index contributed by atoms with van der Waals surface area (Å²) in [5.74, 6) is 0.433. The lowest BCUT2D eigenvalue weighted by Crippen LogP contribution is -2.24. The molecule has 0 aliphatic heterocycles. The monoisotopic (exact) mass is 351 g/mol. The van der Waals surface area contributed by atoms with Crippen molar-refractivity contribution in [2.45, 2.75) is 6.92 Å². The Morgan fingerprint density at radius 1 is 1.22 bits per heavy atom. The molecule has 2 aromatic carbocycles. The molecule has 2 aromatic rings. The van der Waals surface area contributed by atoms with Crippen molar-refractivity contribution in [2.24, 2.45) is 5.10 Å². The van der Waals surface area contributed by atoms with Crippen LogP contribution in [-0.4, -0.2) is 18.9 Å². The van der Waals surface area contributed by atoms with Crippen molar-refractivity contribution in [3.63, 3.8) is 0 Å². The van der Waals surface area contributed by atoms with Gasteiger partial charge in [0.15, 0.2) is 5.75 Å². The summed E-state index contributed by atoms with van der Waals surface area (Å²) in [6, 6.07) is 11.9. The second-order valence-corrected chi connectivity index (χ2v) is 5.25. The number of hydrazone groups is 1. The lowest BCUT2D eigenvalue weighted by Gasteiger charge is -2.08. The van der Waals surface area contributed by atoms with Crippen LogP contribution in [0.4, 0.5) is 10.5 Å². The fourth-order valence-electron chi connectivity index (χ4n) is 1.78. The van der Waals surface area contributed by atoms with Crippen LogP contribution in [0.2, 0.25) is 10.0 Å². The van der Waals surface area contributed by atoms with Gasteiger partial charge in [-0.1, -0.05) is 41.4 Å². The van der Waals surface area contributed by atoms with Crippen LogP contribution in [0.5, 0.6) is 5.75 Å². The first-order chi connectivity index (χ1) is 11.1. The van der Waals surface area contributed by atoms with Gasteiger partial charge in [0.25, 0.3) is 0 Å². The number of anilines is 1. The number of para-hydroxylation sites is 1. The van der Waals surface area contributed by atoms with Crippen LogP contribution in [0, 0.1) is 0 Å². The highest BCUT2D eigenvalue weighted by Crippen LogP contribution is 2.33. The Balaban J connectivity index is 1.96. The first-order valence-electron chi connectivity index (χ1n) is 6.87. The Labute approximate surface area is 144 Å². The molecule has 0 fully saturated rings. The molecule has 0 saturated heterocycles. The zero-order chi connectivity index (χ0) is 16.7. The molecule has 0 aromatic heterocycles. The van der Waals surface area contributed by atoms with Crippen molar-refractivity contribution >= 4 is 41.1 Å². The molecule has 5 nitrogen and oxygen atoms in total. The number of hydrogen-bond donors (Lipinski definition) is 2. The van der Waals surface area contributed by atoms with Crippen LogP contribution in [0.3, 0.4) is 0 Å². The van der Waals surface area contributed by atoms with E-state index >= 15 is 0 Å². The Morgan fingerprint density at radius 2 is 1.87 bits per heavy atom. The lowest BCUT2D eigenvalue weighted by atomic mass is 10.2. The van der Waals surface area contributed by atoms with Gasteiger partial charge in [-0.3, -0.25) is 0 Å². The first kappa shape index (κ1) is 17.1. The van der Waals surface area contributed by atoms with Gasteiger partial charge >= 0.3 is 6.03 Å². The Kier molecular flexibility index (Phi) is 6.26. The number of ether oxygens (including phenoxy) is 1. The SMILES string of the molecule is CCOc1c(Cl)cc(/C=N/NC(=O)Nc2ccccc2)cc1Cl. The van der Waals surface area contributed by atoms with Gasteiger partial charge in [-0.05, 0) is 36.8 Å². The normalized spacial score (nSPS) is 10.6. The number of benzene rings is 2. The first-order valence-corrected chi connectivity index (χ1v) is 7.62. The number of hydrogen-bond acceptors (Lipinski definition) is 3. The van der Waals surface area contributed by atoms with Crippen molar-refractivity contribution in [3.05, 3.63) is 58.1 Å². The average molecular weight is 352 g/mol. The third-order valence-corrected chi connectivity index (χ3v) is 3.28. The van der Waals surface area contributed by atoms with Gasteiger partial charge in [0.1, 0.15) is 0 Å².